The second-order valence-corrected chi connectivity index (χ2v) is 4.46. The van der Waals surface area contributed by atoms with Crippen molar-refractivity contribution < 1.29 is 0 Å². The highest BCUT2D eigenvalue weighted by Crippen LogP contribution is 2.17. The minimum absolute atomic E-state index is 1.05. The van der Waals surface area contributed by atoms with Crippen LogP contribution in [0.3, 0.4) is 0 Å². The summed E-state index contributed by atoms with van der Waals surface area (Å²) in [6, 6.07) is 4.21. The van der Waals surface area contributed by atoms with E-state index in [2.05, 4.69) is 51.0 Å². The van der Waals surface area contributed by atoms with Crippen LogP contribution in [0.15, 0.2) is 18.3 Å². The quantitative estimate of drug-likeness (QED) is 0.738. The van der Waals surface area contributed by atoms with E-state index in [9.17, 15) is 0 Å². The average Bonchev–Trinajstić information content (AvgIpc) is 2.20. The molecule has 0 aromatic carbocycles. The SMILES string of the molecule is Ic1ccc(N2C[CH]CCC2)nc1. The van der Waals surface area contributed by atoms with Gasteiger partial charge in [0.1, 0.15) is 5.82 Å². The molecule has 1 aliphatic rings. The molecule has 0 atom stereocenters. The molecule has 1 aliphatic heterocycles. The molecular weight excluding hydrogens is 275 g/mol. The first kappa shape index (κ1) is 9.24. The molecule has 0 amide bonds. The number of piperidine rings is 1. The maximum Gasteiger partial charge on any atom is 0.128 e. The first-order valence-corrected chi connectivity index (χ1v) is 5.62. The highest BCUT2D eigenvalue weighted by Gasteiger charge is 2.11. The van der Waals surface area contributed by atoms with E-state index in [1.54, 1.807) is 0 Å². The Kier molecular flexibility index (Phi) is 3.03. The van der Waals surface area contributed by atoms with Gasteiger partial charge >= 0.3 is 0 Å². The first-order valence-electron chi connectivity index (χ1n) is 4.54. The number of anilines is 1. The molecule has 2 rings (SSSR count). The van der Waals surface area contributed by atoms with Gasteiger partial charge in [0.25, 0.3) is 0 Å². The van der Waals surface area contributed by atoms with Crippen LogP contribution in [0.4, 0.5) is 5.82 Å². The molecule has 1 fully saturated rings. The summed E-state index contributed by atoms with van der Waals surface area (Å²) in [5.41, 5.74) is 0. The third-order valence-corrected chi connectivity index (χ3v) is 2.86. The van der Waals surface area contributed by atoms with Gasteiger partial charge in [-0.2, -0.15) is 0 Å². The minimum atomic E-state index is 1.05. The summed E-state index contributed by atoms with van der Waals surface area (Å²) in [5.74, 6) is 1.11. The maximum absolute atomic E-state index is 4.40. The van der Waals surface area contributed by atoms with Gasteiger partial charge in [-0.05, 0) is 54.0 Å². The van der Waals surface area contributed by atoms with Crippen molar-refractivity contribution in [2.75, 3.05) is 18.0 Å². The Morgan fingerprint density at radius 2 is 2.31 bits per heavy atom. The first-order chi connectivity index (χ1) is 6.36. The number of rotatable bonds is 1. The van der Waals surface area contributed by atoms with Crippen LogP contribution in [0, 0.1) is 9.99 Å². The smallest absolute Gasteiger partial charge is 0.128 e. The van der Waals surface area contributed by atoms with Gasteiger partial charge in [-0.25, -0.2) is 4.98 Å². The van der Waals surface area contributed by atoms with Crippen LogP contribution in [-0.2, 0) is 0 Å². The highest BCUT2D eigenvalue weighted by atomic mass is 127. The molecule has 0 bridgehead atoms. The number of hydrogen-bond acceptors (Lipinski definition) is 2. The van der Waals surface area contributed by atoms with Crippen molar-refractivity contribution in [3.05, 3.63) is 28.3 Å². The number of halogens is 1. The van der Waals surface area contributed by atoms with Crippen molar-refractivity contribution in [3.8, 4) is 0 Å². The van der Waals surface area contributed by atoms with Gasteiger partial charge < -0.3 is 4.90 Å². The summed E-state index contributed by atoms with van der Waals surface area (Å²) < 4.78 is 1.20. The second kappa shape index (κ2) is 4.26. The van der Waals surface area contributed by atoms with E-state index in [1.165, 1.54) is 16.4 Å². The fourth-order valence-electron chi connectivity index (χ4n) is 1.53. The molecule has 1 aromatic rings. The van der Waals surface area contributed by atoms with Crippen molar-refractivity contribution in [3.63, 3.8) is 0 Å². The zero-order chi connectivity index (χ0) is 9.10. The van der Waals surface area contributed by atoms with Crippen LogP contribution in [-0.4, -0.2) is 18.1 Å². The lowest BCUT2D eigenvalue weighted by atomic mass is 10.1. The van der Waals surface area contributed by atoms with E-state index >= 15 is 0 Å². The predicted octanol–water partition coefficient (Wildman–Crippen LogP) is 2.49. The molecule has 1 aromatic heterocycles. The topological polar surface area (TPSA) is 16.1 Å². The Morgan fingerprint density at radius 1 is 1.38 bits per heavy atom. The van der Waals surface area contributed by atoms with E-state index in [1.807, 2.05) is 6.20 Å². The molecule has 2 nitrogen and oxygen atoms in total. The zero-order valence-corrected chi connectivity index (χ0v) is 9.57. The summed E-state index contributed by atoms with van der Waals surface area (Å²) in [7, 11) is 0. The Bertz CT molecular complexity index is 265. The fourth-order valence-corrected chi connectivity index (χ4v) is 1.85. The minimum Gasteiger partial charge on any atom is -0.356 e. The number of hydrogen-bond donors (Lipinski definition) is 0. The van der Waals surface area contributed by atoms with Gasteiger partial charge in [0, 0.05) is 22.9 Å². The van der Waals surface area contributed by atoms with E-state index < -0.39 is 0 Å². The van der Waals surface area contributed by atoms with Crippen molar-refractivity contribution in [2.24, 2.45) is 0 Å². The predicted molar refractivity (Wildman–Crippen MR) is 62.7 cm³/mol. The lowest BCUT2D eigenvalue weighted by molar-refractivity contribution is 0.665. The Hall–Kier alpha value is -0.320. The monoisotopic (exact) mass is 287 g/mol. The molecule has 69 valence electrons. The molecule has 0 N–H and O–H groups in total. The Balaban J connectivity index is 2.10. The summed E-state index contributed by atoms with van der Waals surface area (Å²) in [4.78, 5) is 6.72. The van der Waals surface area contributed by atoms with Gasteiger partial charge in [-0.3, -0.25) is 0 Å². The molecule has 1 saturated heterocycles. The van der Waals surface area contributed by atoms with Crippen molar-refractivity contribution >= 4 is 28.4 Å². The van der Waals surface area contributed by atoms with Crippen LogP contribution < -0.4 is 4.90 Å². The zero-order valence-electron chi connectivity index (χ0n) is 7.41. The molecule has 0 spiro atoms. The van der Waals surface area contributed by atoms with E-state index in [4.69, 9.17) is 0 Å². The van der Waals surface area contributed by atoms with Gasteiger partial charge in [0.2, 0.25) is 0 Å². The largest absolute Gasteiger partial charge is 0.356 e. The number of aromatic nitrogens is 1. The van der Waals surface area contributed by atoms with E-state index in [0.29, 0.717) is 0 Å². The van der Waals surface area contributed by atoms with Crippen molar-refractivity contribution in [1.29, 1.82) is 0 Å². The lowest BCUT2D eigenvalue weighted by Crippen LogP contribution is -2.30. The molecule has 3 heteroatoms. The van der Waals surface area contributed by atoms with Crippen molar-refractivity contribution in [2.45, 2.75) is 12.8 Å². The lowest BCUT2D eigenvalue weighted by Gasteiger charge is -2.27. The third kappa shape index (κ3) is 2.33. The molecule has 0 unspecified atom stereocenters. The summed E-state index contributed by atoms with van der Waals surface area (Å²) >= 11 is 2.28. The standard InChI is InChI=1S/C10H12IN2/c11-9-4-5-10(12-8-9)13-6-2-1-3-7-13/h2,4-5,8H,1,3,6-7H2. The fraction of sp³-hybridized carbons (Fsp3) is 0.400. The molecule has 2 heterocycles. The number of pyridine rings is 1. The van der Waals surface area contributed by atoms with Crippen LogP contribution in [0.25, 0.3) is 0 Å². The second-order valence-electron chi connectivity index (χ2n) is 3.21. The molecular formula is C10H12IN2. The molecule has 13 heavy (non-hydrogen) atoms. The summed E-state index contributed by atoms with van der Waals surface area (Å²) in [6.45, 7) is 2.19. The van der Waals surface area contributed by atoms with E-state index in [-0.39, 0.29) is 0 Å². The Morgan fingerprint density at radius 3 is 2.92 bits per heavy atom. The van der Waals surface area contributed by atoms with Crippen LogP contribution in [0.5, 0.6) is 0 Å². The third-order valence-electron chi connectivity index (χ3n) is 2.22. The van der Waals surface area contributed by atoms with Gasteiger partial charge in [-0.1, -0.05) is 0 Å². The van der Waals surface area contributed by atoms with E-state index in [0.717, 1.165) is 18.9 Å². The average molecular weight is 287 g/mol. The number of nitrogens with zero attached hydrogens (tertiary/aromatic N) is 2. The highest BCUT2D eigenvalue weighted by molar-refractivity contribution is 14.1. The summed E-state index contributed by atoms with van der Waals surface area (Å²) in [5, 5.41) is 0. The molecule has 0 saturated carbocycles. The van der Waals surface area contributed by atoms with Gasteiger partial charge in [0.15, 0.2) is 0 Å². The molecule has 1 radical (unpaired) electrons. The van der Waals surface area contributed by atoms with Crippen LogP contribution >= 0.6 is 22.6 Å². The van der Waals surface area contributed by atoms with Gasteiger partial charge in [0.05, 0.1) is 0 Å². The normalized spacial score (nSPS) is 17.5. The Labute approximate surface area is 92.5 Å². The molecule has 0 aliphatic carbocycles. The van der Waals surface area contributed by atoms with Crippen LogP contribution in [0.2, 0.25) is 0 Å². The van der Waals surface area contributed by atoms with Gasteiger partial charge in [-0.15, -0.1) is 0 Å². The summed E-state index contributed by atoms with van der Waals surface area (Å²) in [6.07, 6.45) is 6.75. The maximum atomic E-state index is 4.40. The van der Waals surface area contributed by atoms with Crippen LogP contribution in [0.1, 0.15) is 12.8 Å². The van der Waals surface area contributed by atoms with Crippen molar-refractivity contribution in [1.82, 2.24) is 4.98 Å².